The molecule has 0 aliphatic heterocycles. The van der Waals surface area contributed by atoms with Crippen molar-refractivity contribution in [2.75, 3.05) is 11.1 Å². The number of anilines is 1. The Morgan fingerprint density at radius 3 is 3.00 bits per heavy atom. The van der Waals surface area contributed by atoms with Crippen molar-refractivity contribution in [1.29, 1.82) is 0 Å². The molecule has 0 fully saturated rings. The fourth-order valence-corrected chi connectivity index (χ4v) is 3.52. The van der Waals surface area contributed by atoms with Crippen LogP contribution in [0.2, 0.25) is 0 Å². The zero-order valence-corrected chi connectivity index (χ0v) is 15.6. The van der Waals surface area contributed by atoms with Crippen molar-refractivity contribution in [1.82, 2.24) is 19.7 Å². The Morgan fingerprint density at radius 1 is 1.44 bits per heavy atom. The largest absolute Gasteiger partial charge is 0.301 e. The number of benzene rings is 1. The van der Waals surface area contributed by atoms with Crippen LogP contribution in [0.15, 0.2) is 53.7 Å². The Morgan fingerprint density at radius 2 is 2.30 bits per heavy atom. The lowest BCUT2D eigenvalue weighted by atomic mass is 10.2. The summed E-state index contributed by atoms with van der Waals surface area (Å²) in [6.45, 7) is 4.13. The Labute approximate surface area is 162 Å². The normalized spacial score (nSPS) is 10.5. The van der Waals surface area contributed by atoms with E-state index in [4.69, 9.17) is 0 Å². The number of hydrogen-bond donors (Lipinski definition) is 1. The van der Waals surface area contributed by atoms with E-state index in [0.29, 0.717) is 28.2 Å². The summed E-state index contributed by atoms with van der Waals surface area (Å²) in [5.74, 6) is 0.394. The molecule has 11 heteroatoms. The molecule has 3 rings (SSSR count). The summed E-state index contributed by atoms with van der Waals surface area (Å²) in [4.78, 5) is 26.6. The van der Waals surface area contributed by atoms with E-state index in [0.717, 1.165) is 0 Å². The molecule has 1 amide bonds. The van der Waals surface area contributed by atoms with Crippen LogP contribution in [-0.2, 0) is 11.3 Å². The molecule has 9 nitrogen and oxygen atoms in total. The lowest BCUT2D eigenvalue weighted by Gasteiger charge is -2.07. The Bertz CT molecular complexity index is 970. The van der Waals surface area contributed by atoms with E-state index in [1.165, 1.54) is 35.2 Å². The number of thiazole rings is 1. The number of rotatable bonds is 8. The molecular formula is C16H14N6O3S2. The third-order valence-electron chi connectivity index (χ3n) is 3.35. The molecule has 0 bridgehead atoms. The van der Waals surface area contributed by atoms with Crippen LogP contribution in [0.4, 0.5) is 10.8 Å². The molecule has 0 saturated carbocycles. The summed E-state index contributed by atoms with van der Waals surface area (Å²) < 4.78 is 1.76. The number of nitro groups is 1. The fourth-order valence-electron chi connectivity index (χ4n) is 2.23. The van der Waals surface area contributed by atoms with Crippen LogP contribution >= 0.6 is 23.1 Å². The molecule has 0 aliphatic rings. The van der Waals surface area contributed by atoms with Gasteiger partial charge in [-0.1, -0.05) is 30.0 Å². The van der Waals surface area contributed by atoms with Gasteiger partial charge in [0, 0.05) is 35.8 Å². The van der Waals surface area contributed by atoms with E-state index in [1.54, 1.807) is 34.4 Å². The van der Waals surface area contributed by atoms with Gasteiger partial charge in [0.25, 0.3) is 5.69 Å². The van der Waals surface area contributed by atoms with Gasteiger partial charge in [-0.3, -0.25) is 19.5 Å². The van der Waals surface area contributed by atoms with Crippen LogP contribution in [0.5, 0.6) is 0 Å². The van der Waals surface area contributed by atoms with Gasteiger partial charge in [0.1, 0.15) is 0 Å². The zero-order chi connectivity index (χ0) is 19.2. The van der Waals surface area contributed by atoms with Crippen LogP contribution in [0, 0.1) is 10.1 Å². The van der Waals surface area contributed by atoms with E-state index in [2.05, 4.69) is 27.1 Å². The molecule has 0 saturated heterocycles. The van der Waals surface area contributed by atoms with E-state index >= 15 is 0 Å². The van der Waals surface area contributed by atoms with Crippen molar-refractivity contribution < 1.29 is 9.72 Å². The van der Waals surface area contributed by atoms with Crippen molar-refractivity contribution in [3.63, 3.8) is 0 Å². The second kappa shape index (κ2) is 8.56. The molecule has 0 radical (unpaired) electrons. The van der Waals surface area contributed by atoms with Crippen LogP contribution in [-0.4, -0.2) is 36.3 Å². The first-order chi connectivity index (χ1) is 13.1. The van der Waals surface area contributed by atoms with Gasteiger partial charge in [0.05, 0.1) is 10.7 Å². The number of aromatic nitrogens is 4. The van der Waals surface area contributed by atoms with E-state index in [9.17, 15) is 14.9 Å². The number of thioether (sulfide) groups is 1. The number of nitrogens with one attached hydrogen (secondary N) is 1. The van der Waals surface area contributed by atoms with E-state index in [1.807, 2.05) is 0 Å². The van der Waals surface area contributed by atoms with Crippen molar-refractivity contribution in [3.05, 3.63) is 58.6 Å². The Kier molecular flexibility index (Phi) is 5.94. The van der Waals surface area contributed by atoms with Gasteiger partial charge in [-0.2, -0.15) is 0 Å². The van der Waals surface area contributed by atoms with Gasteiger partial charge in [-0.05, 0) is 0 Å². The van der Waals surface area contributed by atoms with Crippen molar-refractivity contribution in [2.45, 2.75) is 11.7 Å². The van der Waals surface area contributed by atoms with Gasteiger partial charge in [0.2, 0.25) is 5.91 Å². The Balaban J connectivity index is 1.78. The van der Waals surface area contributed by atoms with E-state index in [-0.39, 0.29) is 17.3 Å². The lowest BCUT2D eigenvalue weighted by molar-refractivity contribution is -0.384. The molecule has 2 aromatic heterocycles. The minimum atomic E-state index is -0.462. The fraction of sp³-hybridized carbons (Fsp3) is 0.125. The highest BCUT2D eigenvalue weighted by atomic mass is 32.2. The maximum atomic E-state index is 12.0. The highest BCUT2D eigenvalue weighted by Gasteiger charge is 2.17. The standard InChI is InChI=1S/C16H14N6O3S2/c1-2-7-21-14(11-4-3-5-12(9-11)22(24)25)19-20-16(21)27-10-13(23)18-15-17-6-8-26-15/h2-6,8-9H,1,7,10H2,(H,17,18,23). The average Bonchev–Trinajstić information content (AvgIpc) is 3.30. The first kappa shape index (κ1) is 18.7. The topological polar surface area (TPSA) is 116 Å². The number of carbonyl (C=O) groups excluding carboxylic acids is 1. The number of nitro benzene ring substituents is 1. The van der Waals surface area contributed by atoms with E-state index < -0.39 is 4.92 Å². The molecule has 1 aromatic carbocycles. The number of carbonyl (C=O) groups is 1. The molecule has 3 aromatic rings. The van der Waals surface area contributed by atoms with Crippen LogP contribution < -0.4 is 5.32 Å². The van der Waals surface area contributed by atoms with Gasteiger partial charge in [-0.15, -0.1) is 28.1 Å². The second-order valence-electron chi connectivity index (χ2n) is 5.19. The van der Waals surface area contributed by atoms with Gasteiger partial charge < -0.3 is 5.32 Å². The van der Waals surface area contributed by atoms with Crippen molar-refractivity contribution >= 4 is 39.8 Å². The molecule has 0 atom stereocenters. The third kappa shape index (κ3) is 4.57. The molecule has 2 heterocycles. The number of non-ortho nitro benzene ring substituents is 1. The number of nitrogens with zero attached hydrogens (tertiary/aromatic N) is 5. The van der Waals surface area contributed by atoms with Gasteiger partial charge >= 0.3 is 0 Å². The van der Waals surface area contributed by atoms with Crippen molar-refractivity contribution in [3.8, 4) is 11.4 Å². The molecule has 0 aliphatic carbocycles. The lowest BCUT2D eigenvalue weighted by Crippen LogP contribution is -2.14. The average molecular weight is 402 g/mol. The maximum absolute atomic E-state index is 12.0. The third-order valence-corrected chi connectivity index (χ3v) is 5.01. The summed E-state index contributed by atoms with van der Waals surface area (Å²) in [6, 6.07) is 6.17. The molecule has 138 valence electrons. The zero-order valence-electron chi connectivity index (χ0n) is 13.9. The number of hydrogen-bond acceptors (Lipinski definition) is 8. The smallest absolute Gasteiger partial charge is 0.270 e. The first-order valence-corrected chi connectivity index (χ1v) is 9.56. The maximum Gasteiger partial charge on any atom is 0.270 e. The molecule has 0 spiro atoms. The molecule has 0 unspecified atom stereocenters. The highest BCUT2D eigenvalue weighted by Crippen LogP contribution is 2.26. The number of amides is 1. The predicted molar refractivity (Wildman–Crippen MR) is 104 cm³/mol. The molecule has 1 N–H and O–H groups in total. The highest BCUT2D eigenvalue weighted by molar-refractivity contribution is 7.99. The molecular weight excluding hydrogens is 388 g/mol. The summed E-state index contributed by atoms with van der Waals surface area (Å²) in [5.41, 5.74) is 0.537. The summed E-state index contributed by atoms with van der Waals surface area (Å²) in [7, 11) is 0. The van der Waals surface area contributed by atoms with Crippen LogP contribution in [0.1, 0.15) is 0 Å². The minimum Gasteiger partial charge on any atom is -0.301 e. The monoisotopic (exact) mass is 402 g/mol. The van der Waals surface area contributed by atoms with Crippen molar-refractivity contribution in [2.24, 2.45) is 0 Å². The van der Waals surface area contributed by atoms with Gasteiger partial charge in [0.15, 0.2) is 16.1 Å². The second-order valence-corrected chi connectivity index (χ2v) is 7.02. The SMILES string of the molecule is C=CCn1c(SCC(=O)Nc2nccs2)nnc1-c1cccc([N+](=O)[O-])c1. The first-order valence-electron chi connectivity index (χ1n) is 7.69. The minimum absolute atomic E-state index is 0.0299. The summed E-state index contributed by atoms with van der Waals surface area (Å²) in [5, 5.41) is 24.8. The number of allylic oxidation sites excluding steroid dienone is 1. The quantitative estimate of drug-likeness (QED) is 0.266. The van der Waals surface area contributed by atoms with Crippen LogP contribution in [0.3, 0.4) is 0 Å². The Hall–Kier alpha value is -3.05. The van der Waals surface area contributed by atoms with Gasteiger partial charge in [-0.25, -0.2) is 4.98 Å². The van der Waals surface area contributed by atoms with Crippen LogP contribution in [0.25, 0.3) is 11.4 Å². The summed E-state index contributed by atoms with van der Waals surface area (Å²) in [6.07, 6.45) is 3.28. The summed E-state index contributed by atoms with van der Waals surface area (Å²) >= 11 is 2.55. The predicted octanol–water partition coefficient (Wildman–Crippen LogP) is 3.23. The molecule has 27 heavy (non-hydrogen) atoms.